The number of halogens is 1. The molecule has 0 aromatic carbocycles. The van der Waals surface area contributed by atoms with Crippen LogP contribution in [0.1, 0.15) is 55.2 Å². The van der Waals surface area contributed by atoms with Crippen molar-refractivity contribution < 1.29 is 0 Å². The first-order valence-electron chi connectivity index (χ1n) is 5.13. The minimum Gasteiger partial charge on any atom is -0.264 e. The van der Waals surface area contributed by atoms with Crippen LogP contribution in [0.5, 0.6) is 0 Å². The summed E-state index contributed by atoms with van der Waals surface area (Å²) in [7, 11) is 0. The lowest BCUT2D eigenvalue weighted by molar-refractivity contribution is 0.338. The fourth-order valence-corrected chi connectivity index (χ4v) is 3.43. The summed E-state index contributed by atoms with van der Waals surface area (Å²) in [5, 5.41) is 4.52. The van der Waals surface area contributed by atoms with Gasteiger partial charge in [-0.3, -0.25) is 4.68 Å². The summed E-state index contributed by atoms with van der Waals surface area (Å²) >= 11 is 2.53. The van der Waals surface area contributed by atoms with Gasteiger partial charge in [0.25, 0.3) is 0 Å². The van der Waals surface area contributed by atoms with E-state index in [1.54, 1.807) is 0 Å². The normalized spacial score (nSPS) is 26.6. The van der Waals surface area contributed by atoms with Crippen LogP contribution in [-0.4, -0.2) is 9.78 Å². The second-order valence-corrected chi connectivity index (χ2v) is 6.68. The van der Waals surface area contributed by atoms with E-state index in [1.165, 1.54) is 17.7 Å². The van der Waals surface area contributed by atoms with Gasteiger partial charge in [0, 0.05) is 15.2 Å². The topological polar surface area (TPSA) is 17.8 Å². The molecule has 0 fully saturated rings. The lowest BCUT2D eigenvalue weighted by Gasteiger charge is -2.23. The smallest absolute Gasteiger partial charge is 0.0546 e. The second-order valence-electron chi connectivity index (χ2n) is 5.17. The molecule has 0 spiro atoms. The zero-order valence-corrected chi connectivity index (χ0v) is 11.4. The summed E-state index contributed by atoms with van der Waals surface area (Å²) in [6.07, 6.45) is 3.32. The Morgan fingerprint density at radius 2 is 2.14 bits per heavy atom. The first-order chi connectivity index (χ1) is 6.41. The van der Waals surface area contributed by atoms with Gasteiger partial charge in [0.2, 0.25) is 0 Å². The largest absolute Gasteiger partial charge is 0.264 e. The fraction of sp³-hybridized carbons (Fsp3) is 0.727. The van der Waals surface area contributed by atoms with E-state index < -0.39 is 0 Å². The highest BCUT2D eigenvalue weighted by Gasteiger charge is 2.33. The van der Waals surface area contributed by atoms with Crippen molar-refractivity contribution in [2.45, 2.75) is 49.5 Å². The highest BCUT2D eigenvalue weighted by Crippen LogP contribution is 2.46. The molecule has 1 aromatic rings. The van der Waals surface area contributed by atoms with E-state index in [4.69, 9.17) is 0 Å². The van der Waals surface area contributed by atoms with Gasteiger partial charge in [-0.05, 0) is 33.1 Å². The van der Waals surface area contributed by atoms with Crippen molar-refractivity contribution >= 4 is 22.6 Å². The SMILES string of the molecule is C[C@@H]1C[C@H](I)c2cnn(C(C)(C)C)c21. The third-order valence-electron chi connectivity index (χ3n) is 2.84. The molecule has 0 aliphatic heterocycles. The highest BCUT2D eigenvalue weighted by atomic mass is 127. The molecule has 14 heavy (non-hydrogen) atoms. The average molecular weight is 304 g/mol. The minimum atomic E-state index is 0.114. The molecule has 1 aromatic heterocycles. The van der Waals surface area contributed by atoms with Crippen LogP contribution < -0.4 is 0 Å². The molecule has 0 saturated carbocycles. The van der Waals surface area contributed by atoms with E-state index in [-0.39, 0.29) is 5.54 Å². The Balaban J connectivity index is 2.52. The van der Waals surface area contributed by atoms with Crippen molar-refractivity contribution in [2.75, 3.05) is 0 Å². The maximum Gasteiger partial charge on any atom is 0.0546 e. The maximum absolute atomic E-state index is 4.52. The zero-order valence-electron chi connectivity index (χ0n) is 9.21. The molecule has 0 amide bonds. The third-order valence-corrected chi connectivity index (χ3v) is 4.02. The van der Waals surface area contributed by atoms with Crippen LogP contribution in [0.25, 0.3) is 0 Å². The molecule has 1 aliphatic rings. The Morgan fingerprint density at radius 3 is 2.71 bits per heavy atom. The van der Waals surface area contributed by atoms with Crippen LogP contribution >= 0.6 is 22.6 Å². The number of nitrogens with zero attached hydrogens (tertiary/aromatic N) is 2. The first-order valence-corrected chi connectivity index (χ1v) is 6.38. The zero-order chi connectivity index (χ0) is 10.5. The number of alkyl halides is 1. The summed E-state index contributed by atoms with van der Waals surface area (Å²) < 4.78 is 2.86. The summed E-state index contributed by atoms with van der Waals surface area (Å²) in [6.45, 7) is 8.95. The Bertz CT molecular complexity index is 349. The molecule has 0 N–H and O–H groups in total. The van der Waals surface area contributed by atoms with E-state index in [0.29, 0.717) is 9.84 Å². The van der Waals surface area contributed by atoms with Crippen LogP contribution in [-0.2, 0) is 5.54 Å². The highest BCUT2D eigenvalue weighted by molar-refractivity contribution is 14.1. The Hall–Kier alpha value is -0.0600. The van der Waals surface area contributed by atoms with Gasteiger partial charge >= 0.3 is 0 Å². The molecule has 78 valence electrons. The van der Waals surface area contributed by atoms with Crippen LogP contribution in [0.3, 0.4) is 0 Å². The van der Waals surface area contributed by atoms with Crippen molar-refractivity contribution in [1.82, 2.24) is 9.78 Å². The molecule has 0 bridgehead atoms. The summed E-state index contributed by atoms with van der Waals surface area (Å²) in [5.41, 5.74) is 3.02. The number of hydrogen-bond donors (Lipinski definition) is 0. The molecular weight excluding hydrogens is 287 g/mol. The van der Waals surface area contributed by atoms with Gasteiger partial charge < -0.3 is 0 Å². The monoisotopic (exact) mass is 304 g/mol. The van der Waals surface area contributed by atoms with Gasteiger partial charge in [0.05, 0.1) is 11.7 Å². The van der Waals surface area contributed by atoms with Crippen LogP contribution in [0.15, 0.2) is 6.20 Å². The fourth-order valence-electron chi connectivity index (χ4n) is 2.19. The van der Waals surface area contributed by atoms with Gasteiger partial charge in [-0.2, -0.15) is 5.10 Å². The molecule has 2 atom stereocenters. The molecule has 0 radical (unpaired) electrons. The van der Waals surface area contributed by atoms with E-state index in [1.807, 2.05) is 0 Å². The Morgan fingerprint density at radius 1 is 1.50 bits per heavy atom. The van der Waals surface area contributed by atoms with Crippen molar-refractivity contribution in [3.63, 3.8) is 0 Å². The molecule has 1 aliphatic carbocycles. The van der Waals surface area contributed by atoms with Crippen molar-refractivity contribution in [2.24, 2.45) is 0 Å². The predicted octanol–water partition coefficient (Wildman–Crippen LogP) is 3.62. The van der Waals surface area contributed by atoms with Crippen LogP contribution in [0, 0.1) is 0 Å². The molecular formula is C11H17IN2. The minimum absolute atomic E-state index is 0.114. The first kappa shape index (κ1) is 10.5. The van der Waals surface area contributed by atoms with Gasteiger partial charge in [0.15, 0.2) is 0 Å². The molecule has 2 nitrogen and oxygen atoms in total. The molecule has 3 heteroatoms. The van der Waals surface area contributed by atoms with Crippen molar-refractivity contribution in [3.8, 4) is 0 Å². The van der Waals surface area contributed by atoms with Crippen molar-refractivity contribution in [3.05, 3.63) is 17.5 Å². The second kappa shape index (κ2) is 3.22. The van der Waals surface area contributed by atoms with E-state index in [9.17, 15) is 0 Å². The van der Waals surface area contributed by atoms with E-state index >= 15 is 0 Å². The van der Waals surface area contributed by atoms with E-state index in [2.05, 4.69) is 66.3 Å². The maximum atomic E-state index is 4.52. The standard InChI is InChI=1S/C11H17IN2/c1-7-5-9(12)8-6-13-14(10(7)8)11(2,3)4/h6-7,9H,5H2,1-4H3/t7-,9+/m1/s1. The molecule has 0 unspecified atom stereocenters. The molecule has 0 saturated heterocycles. The predicted molar refractivity (Wildman–Crippen MR) is 67.0 cm³/mol. The van der Waals surface area contributed by atoms with Gasteiger partial charge in [-0.15, -0.1) is 0 Å². The molecule has 2 rings (SSSR count). The average Bonchev–Trinajstić information content (AvgIpc) is 2.53. The number of aromatic nitrogens is 2. The van der Waals surface area contributed by atoms with Gasteiger partial charge in [-0.1, -0.05) is 29.5 Å². The third kappa shape index (κ3) is 1.49. The summed E-state index contributed by atoms with van der Waals surface area (Å²) in [5.74, 6) is 0.661. The van der Waals surface area contributed by atoms with Gasteiger partial charge in [-0.25, -0.2) is 0 Å². The quantitative estimate of drug-likeness (QED) is 0.529. The number of hydrogen-bond acceptors (Lipinski definition) is 1. The lowest BCUT2D eigenvalue weighted by atomic mass is 10.1. The van der Waals surface area contributed by atoms with Crippen molar-refractivity contribution in [1.29, 1.82) is 0 Å². The lowest BCUT2D eigenvalue weighted by Crippen LogP contribution is -2.25. The summed E-state index contributed by atoms with van der Waals surface area (Å²) in [6, 6.07) is 0. The summed E-state index contributed by atoms with van der Waals surface area (Å²) in [4.78, 5) is 0. The Kier molecular flexibility index (Phi) is 2.40. The number of rotatable bonds is 0. The van der Waals surface area contributed by atoms with E-state index in [0.717, 1.165) is 0 Å². The number of fused-ring (bicyclic) bond motifs is 1. The van der Waals surface area contributed by atoms with Crippen LogP contribution in [0.4, 0.5) is 0 Å². The van der Waals surface area contributed by atoms with Gasteiger partial charge in [0.1, 0.15) is 0 Å². The Labute approximate surface area is 99.2 Å². The van der Waals surface area contributed by atoms with Crippen LogP contribution in [0.2, 0.25) is 0 Å². The molecule has 1 heterocycles.